The van der Waals surface area contributed by atoms with Crippen LogP contribution in [0.15, 0.2) is 0 Å². The normalized spacial score (nSPS) is 67.3. The lowest BCUT2D eigenvalue weighted by molar-refractivity contribution is -0.142. The zero-order valence-electron chi connectivity index (χ0n) is 9.78. The quantitative estimate of drug-likeness (QED) is 0.382. The molecule has 9 atom stereocenters. The minimum absolute atomic E-state index is 1.01. The van der Waals surface area contributed by atoms with Crippen LogP contribution < -0.4 is 0 Å². The van der Waals surface area contributed by atoms with Crippen molar-refractivity contribution in [1.82, 2.24) is 0 Å². The van der Waals surface area contributed by atoms with Crippen molar-refractivity contribution in [2.45, 2.75) is 40.5 Å². The van der Waals surface area contributed by atoms with Crippen LogP contribution in [0.5, 0.6) is 0 Å². The summed E-state index contributed by atoms with van der Waals surface area (Å²) in [5.41, 5.74) is 0. The van der Waals surface area contributed by atoms with E-state index in [2.05, 4.69) is 52.1 Å². The molecule has 5 bridgehead atoms. The van der Waals surface area contributed by atoms with E-state index in [1.807, 2.05) is 0 Å². The molecule has 4 aliphatic rings. The molecule has 4 saturated carbocycles. The lowest BCUT2D eigenvalue weighted by atomic mass is 9.41. The van der Waals surface area contributed by atoms with Gasteiger partial charge in [-0.2, -0.15) is 0 Å². The molecule has 0 aromatic carbocycles. The van der Waals surface area contributed by atoms with Gasteiger partial charge in [-0.1, -0.05) is 52.1 Å². The van der Waals surface area contributed by atoms with Gasteiger partial charge in [-0.25, -0.2) is 0 Å². The van der Waals surface area contributed by atoms with Gasteiger partial charge in [0.2, 0.25) is 0 Å². The molecule has 0 radical (unpaired) electrons. The number of alkyl halides is 2. The molecule has 0 aromatic heterocycles. The molecule has 4 fully saturated rings. The molecule has 5 unspecified atom stereocenters. The lowest BCUT2D eigenvalue weighted by Crippen LogP contribution is -2.63. The summed E-state index contributed by atoms with van der Waals surface area (Å²) in [6, 6.07) is 0. The van der Waals surface area contributed by atoms with E-state index in [0.29, 0.717) is 0 Å². The zero-order chi connectivity index (χ0) is 11.0. The summed E-state index contributed by atoms with van der Waals surface area (Å²) in [5.74, 6) is 7.79. The van der Waals surface area contributed by atoms with Gasteiger partial charge in [-0.05, 0) is 67.1 Å². The highest BCUT2D eigenvalue weighted by molar-refractivity contribution is 14.1. The Labute approximate surface area is 126 Å². The van der Waals surface area contributed by atoms with Crippen molar-refractivity contribution < 1.29 is 0 Å². The summed E-state index contributed by atoms with van der Waals surface area (Å²) < 4.78 is 2.02. The first-order valence-electron chi connectivity index (χ1n) is 6.98. The number of rotatable bonds is 0. The van der Waals surface area contributed by atoms with E-state index in [-0.39, 0.29) is 0 Å². The smallest absolute Gasteiger partial charge is 0.0172 e. The van der Waals surface area contributed by atoms with Gasteiger partial charge in [0.15, 0.2) is 0 Å². The minimum atomic E-state index is 1.01. The van der Waals surface area contributed by atoms with Gasteiger partial charge in [0.05, 0.1) is 0 Å². The van der Waals surface area contributed by atoms with Gasteiger partial charge in [-0.3, -0.25) is 0 Å². The summed E-state index contributed by atoms with van der Waals surface area (Å²) in [6.07, 6.45) is 6.25. The molecule has 0 aromatic rings. The molecule has 4 aliphatic carbocycles. The standard InChI is InChI=1S/C14H20I2/c1-6-7-2-3-8-9-4-5-10(15)11(7)12(8)13(9)14(6)16/h6-14H,2-5H2,1H3/t6-,7-,8+,9?,10?,11?,12?,13+,14?/m1/s1. The summed E-state index contributed by atoms with van der Waals surface area (Å²) >= 11 is 5.62. The van der Waals surface area contributed by atoms with Gasteiger partial charge in [0, 0.05) is 7.85 Å². The van der Waals surface area contributed by atoms with Crippen LogP contribution in [0.25, 0.3) is 0 Å². The molecular weight excluding hydrogens is 422 g/mol. The second kappa shape index (κ2) is 3.73. The highest BCUT2D eigenvalue weighted by Gasteiger charge is 2.65. The summed E-state index contributed by atoms with van der Waals surface area (Å²) in [7, 11) is 0. The van der Waals surface area contributed by atoms with E-state index in [9.17, 15) is 0 Å². The van der Waals surface area contributed by atoms with Gasteiger partial charge >= 0.3 is 0 Å². The third-order valence-corrected chi connectivity index (χ3v) is 9.91. The van der Waals surface area contributed by atoms with Crippen molar-refractivity contribution in [2.24, 2.45) is 41.4 Å². The lowest BCUT2D eigenvalue weighted by Gasteiger charge is -2.66. The van der Waals surface area contributed by atoms with Gasteiger partial charge in [0.1, 0.15) is 0 Å². The van der Waals surface area contributed by atoms with Gasteiger partial charge in [-0.15, -0.1) is 0 Å². The average Bonchev–Trinajstić information content (AvgIpc) is 2.44. The molecule has 90 valence electrons. The zero-order valence-corrected chi connectivity index (χ0v) is 14.1. The van der Waals surface area contributed by atoms with E-state index in [4.69, 9.17) is 0 Å². The Morgan fingerprint density at radius 3 is 2.19 bits per heavy atom. The Bertz CT molecular complexity index is 316. The first-order valence-corrected chi connectivity index (χ1v) is 9.47. The molecular formula is C14H20I2. The Morgan fingerprint density at radius 2 is 1.38 bits per heavy atom. The largest absolute Gasteiger partial charge is 0.0823 e. The molecule has 0 aliphatic heterocycles. The Balaban J connectivity index is 1.81. The molecule has 0 nitrogen and oxygen atoms in total. The van der Waals surface area contributed by atoms with Gasteiger partial charge < -0.3 is 0 Å². The van der Waals surface area contributed by atoms with Crippen LogP contribution >= 0.6 is 45.2 Å². The van der Waals surface area contributed by atoms with Crippen LogP contribution in [0.4, 0.5) is 0 Å². The number of fused-ring (bicyclic) bond motifs is 1. The van der Waals surface area contributed by atoms with Crippen LogP contribution in [0.3, 0.4) is 0 Å². The van der Waals surface area contributed by atoms with E-state index in [0.717, 1.165) is 49.3 Å². The maximum Gasteiger partial charge on any atom is 0.0172 e. The minimum Gasteiger partial charge on any atom is -0.0823 e. The summed E-state index contributed by atoms with van der Waals surface area (Å²) in [5, 5.41) is 0. The maximum atomic E-state index is 2.82. The average molecular weight is 442 g/mol. The predicted octanol–water partition coefficient (Wildman–Crippen LogP) is 4.54. The number of halogens is 2. The Kier molecular flexibility index (Phi) is 2.64. The van der Waals surface area contributed by atoms with Crippen molar-refractivity contribution in [2.75, 3.05) is 0 Å². The highest BCUT2D eigenvalue weighted by atomic mass is 127. The summed E-state index contributed by atoms with van der Waals surface area (Å²) in [4.78, 5) is 0. The van der Waals surface area contributed by atoms with Crippen molar-refractivity contribution in [3.05, 3.63) is 0 Å². The van der Waals surface area contributed by atoms with Crippen molar-refractivity contribution in [1.29, 1.82) is 0 Å². The van der Waals surface area contributed by atoms with Gasteiger partial charge in [0.25, 0.3) is 0 Å². The SMILES string of the molecule is C[C@H]1C(I)[C@H]2C3CCC(I)C4C2[C@H]3CC[C@@H]41. The topological polar surface area (TPSA) is 0 Å². The van der Waals surface area contributed by atoms with E-state index in [1.54, 1.807) is 19.3 Å². The summed E-state index contributed by atoms with van der Waals surface area (Å²) in [6.45, 7) is 2.56. The molecule has 0 spiro atoms. The van der Waals surface area contributed by atoms with Crippen molar-refractivity contribution in [3.8, 4) is 0 Å². The van der Waals surface area contributed by atoms with Crippen LogP contribution in [0, 0.1) is 41.4 Å². The first-order chi connectivity index (χ1) is 7.70. The number of hydrogen-bond donors (Lipinski definition) is 0. The van der Waals surface area contributed by atoms with Crippen LogP contribution in [0.1, 0.15) is 32.6 Å². The fraction of sp³-hybridized carbons (Fsp3) is 1.00. The molecule has 2 heteroatoms. The van der Waals surface area contributed by atoms with E-state index in [1.165, 1.54) is 6.42 Å². The van der Waals surface area contributed by atoms with Crippen molar-refractivity contribution >= 4 is 45.2 Å². The third kappa shape index (κ3) is 1.22. The first kappa shape index (κ1) is 11.3. The predicted molar refractivity (Wildman–Crippen MR) is 84.2 cm³/mol. The maximum absolute atomic E-state index is 2.82. The Hall–Kier alpha value is 1.46. The molecule has 16 heavy (non-hydrogen) atoms. The second-order valence-corrected chi connectivity index (χ2v) is 9.74. The molecule has 0 saturated heterocycles. The van der Waals surface area contributed by atoms with Crippen LogP contribution in [0.2, 0.25) is 0 Å². The van der Waals surface area contributed by atoms with Crippen LogP contribution in [-0.4, -0.2) is 7.85 Å². The highest BCUT2D eigenvalue weighted by Crippen LogP contribution is 2.70. The third-order valence-electron chi connectivity index (χ3n) is 6.49. The second-order valence-electron chi connectivity index (χ2n) is 6.70. The van der Waals surface area contributed by atoms with Crippen LogP contribution in [-0.2, 0) is 0 Å². The Morgan fingerprint density at radius 1 is 0.750 bits per heavy atom. The van der Waals surface area contributed by atoms with E-state index < -0.39 is 0 Å². The monoisotopic (exact) mass is 442 g/mol. The fourth-order valence-electron chi connectivity index (χ4n) is 5.92. The van der Waals surface area contributed by atoms with E-state index >= 15 is 0 Å². The molecule has 0 amide bonds. The fourth-order valence-corrected chi connectivity index (χ4v) is 8.83. The molecule has 0 N–H and O–H groups in total. The molecule has 4 rings (SSSR count). The molecule has 0 heterocycles. The number of hydrogen-bond acceptors (Lipinski definition) is 0. The van der Waals surface area contributed by atoms with Crippen molar-refractivity contribution in [3.63, 3.8) is 0 Å².